The van der Waals surface area contributed by atoms with Crippen molar-refractivity contribution in [3.63, 3.8) is 0 Å². The molecule has 2 aromatic carbocycles. The van der Waals surface area contributed by atoms with Crippen molar-refractivity contribution in [3.05, 3.63) is 71.5 Å². The monoisotopic (exact) mass is 400 g/mol. The molecule has 6 heteroatoms. The van der Waals surface area contributed by atoms with Gasteiger partial charge in [0, 0.05) is 25.7 Å². The van der Waals surface area contributed by atoms with Crippen molar-refractivity contribution in [1.82, 2.24) is 9.80 Å². The summed E-state index contributed by atoms with van der Waals surface area (Å²) in [7, 11) is 0. The first-order chi connectivity index (χ1) is 14.0. The molecule has 0 radical (unpaired) electrons. The van der Waals surface area contributed by atoms with Crippen molar-refractivity contribution >= 4 is 5.91 Å². The molecule has 0 aromatic heterocycles. The lowest BCUT2D eigenvalue weighted by atomic mass is 10.1. The highest BCUT2D eigenvalue weighted by molar-refractivity contribution is 5.78. The first kappa shape index (κ1) is 21.4. The molecule has 3 rings (SSSR count). The number of rotatable bonds is 8. The van der Waals surface area contributed by atoms with Crippen LogP contribution in [0.1, 0.15) is 18.1 Å². The van der Waals surface area contributed by atoms with Crippen LogP contribution in [0.15, 0.2) is 54.6 Å². The zero-order chi connectivity index (χ0) is 20.6. The van der Waals surface area contributed by atoms with Crippen LogP contribution in [0.5, 0.6) is 0 Å². The van der Waals surface area contributed by atoms with Gasteiger partial charge in [0.15, 0.2) is 0 Å². The summed E-state index contributed by atoms with van der Waals surface area (Å²) in [4.78, 5) is 16.6. The summed E-state index contributed by atoms with van der Waals surface area (Å²) in [6.07, 6.45) is 0.563. The third-order valence-electron chi connectivity index (χ3n) is 5.33. The van der Waals surface area contributed by atoms with Gasteiger partial charge in [-0.05, 0) is 36.6 Å². The van der Waals surface area contributed by atoms with Crippen molar-refractivity contribution in [2.24, 2.45) is 0 Å². The van der Waals surface area contributed by atoms with Crippen LogP contribution >= 0.6 is 0 Å². The predicted octanol–water partition coefficient (Wildman–Crippen LogP) is 2.48. The number of aliphatic hydroxyl groups is 1. The van der Waals surface area contributed by atoms with Crippen molar-refractivity contribution < 1.29 is 19.0 Å². The van der Waals surface area contributed by atoms with Gasteiger partial charge < -0.3 is 14.7 Å². The van der Waals surface area contributed by atoms with Crippen LogP contribution in [0.4, 0.5) is 4.39 Å². The molecular formula is C23H29FN2O3. The maximum absolute atomic E-state index is 13.4. The Hall–Kier alpha value is -2.28. The molecule has 0 spiro atoms. The maximum Gasteiger partial charge on any atom is 0.236 e. The van der Waals surface area contributed by atoms with Gasteiger partial charge in [0.05, 0.1) is 25.9 Å². The Morgan fingerprint density at radius 2 is 1.90 bits per heavy atom. The first-order valence-electron chi connectivity index (χ1n) is 10.1. The Morgan fingerprint density at radius 1 is 1.14 bits per heavy atom. The van der Waals surface area contributed by atoms with Crippen molar-refractivity contribution in [1.29, 1.82) is 0 Å². The minimum Gasteiger partial charge on any atom is -0.395 e. The van der Waals surface area contributed by atoms with Crippen LogP contribution < -0.4 is 0 Å². The topological polar surface area (TPSA) is 53.0 Å². The van der Waals surface area contributed by atoms with E-state index in [-0.39, 0.29) is 43.6 Å². The molecule has 1 N–H and O–H groups in total. The van der Waals surface area contributed by atoms with Crippen LogP contribution in [0.3, 0.4) is 0 Å². The number of carbonyl (C=O) groups excluding carboxylic acids is 1. The molecule has 29 heavy (non-hydrogen) atoms. The summed E-state index contributed by atoms with van der Waals surface area (Å²) in [5.41, 5.74) is 1.94. The minimum atomic E-state index is -0.290. The van der Waals surface area contributed by atoms with Gasteiger partial charge in [0.25, 0.3) is 0 Å². The standard InChI is InChI=1S/C23H29FN2O3/c1-18(16-27)26-14-22(29-17-20-8-5-9-21(24)12-20)13-25(23(28)15-26)11-10-19-6-3-2-4-7-19/h2-9,12,18,22,27H,10-11,13-17H2,1H3/t18-,22+/m1/s1. The summed E-state index contributed by atoms with van der Waals surface area (Å²) < 4.78 is 19.5. The van der Waals surface area contributed by atoms with Gasteiger partial charge in [-0.25, -0.2) is 4.39 Å². The molecule has 1 aliphatic rings. The molecule has 2 atom stereocenters. The van der Waals surface area contributed by atoms with E-state index >= 15 is 0 Å². The average Bonchev–Trinajstić information content (AvgIpc) is 2.89. The highest BCUT2D eigenvalue weighted by atomic mass is 19.1. The number of ether oxygens (including phenoxy) is 1. The average molecular weight is 400 g/mol. The molecule has 0 bridgehead atoms. The van der Waals surface area contributed by atoms with Gasteiger partial charge in [-0.2, -0.15) is 0 Å². The van der Waals surface area contributed by atoms with Crippen LogP contribution in [-0.2, 0) is 22.6 Å². The molecule has 1 saturated heterocycles. The Bertz CT molecular complexity index is 787. The fraction of sp³-hybridized carbons (Fsp3) is 0.435. The lowest BCUT2D eigenvalue weighted by molar-refractivity contribution is -0.132. The number of halogens is 1. The van der Waals surface area contributed by atoms with E-state index in [4.69, 9.17) is 4.74 Å². The van der Waals surface area contributed by atoms with E-state index in [1.165, 1.54) is 17.7 Å². The molecule has 2 aromatic rings. The number of carbonyl (C=O) groups is 1. The lowest BCUT2D eigenvalue weighted by Gasteiger charge is -2.27. The smallest absolute Gasteiger partial charge is 0.236 e. The molecule has 0 aliphatic carbocycles. The van der Waals surface area contributed by atoms with Crippen LogP contribution in [0.25, 0.3) is 0 Å². The van der Waals surface area contributed by atoms with Gasteiger partial charge in [0.2, 0.25) is 5.91 Å². The van der Waals surface area contributed by atoms with Gasteiger partial charge in [-0.15, -0.1) is 0 Å². The third kappa shape index (κ3) is 6.35. The van der Waals surface area contributed by atoms with E-state index in [0.717, 1.165) is 12.0 Å². The molecule has 1 aliphatic heterocycles. The van der Waals surface area contributed by atoms with Crippen molar-refractivity contribution in [2.75, 3.05) is 32.8 Å². The van der Waals surface area contributed by atoms with Crippen LogP contribution in [0.2, 0.25) is 0 Å². The SMILES string of the molecule is C[C@H](CO)N1CC(=O)N(CCc2ccccc2)C[C@H](OCc2cccc(F)c2)C1. The van der Waals surface area contributed by atoms with E-state index in [0.29, 0.717) is 19.6 Å². The lowest BCUT2D eigenvalue weighted by Crippen LogP contribution is -2.42. The minimum absolute atomic E-state index is 0.0199. The molecular weight excluding hydrogens is 371 g/mol. The molecule has 1 amide bonds. The van der Waals surface area contributed by atoms with Crippen molar-refractivity contribution in [3.8, 4) is 0 Å². The molecule has 0 unspecified atom stereocenters. The second-order valence-corrected chi connectivity index (χ2v) is 7.60. The number of amides is 1. The molecule has 156 valence electrons. The Morgan fingerprint density at radius 3 is 2.62 bits per heavy atom. The molecule has 1 fully saturated rings. The number of benzene rings is 2. The quantitative estimate of drug-likeness (QED) is 0.740. The van der Waals surface area contributed by atoms with E-state index in [1.807, 2.05) is 41.0 Å². The molecule has 0 saturated carbocycles. The molecule has 1 heterocycles. The number of hydrogen-bond donors (Lipinski definition) is 1. The van der Waals surface area contributed by atoms with E-state index in [2.05, 4.69) is 12.1 Å². The summed E-state index contributed by atoms with van der Waals surface area (Å²) in [6.45, 7) is 4.07. The van der Waals surface area contributed by atoms with Gasteiger partial charge in [-0.1, -0.05) is 42.5 Å². The molecule has 5 nitrogen and oxygen atoms in total. The fourth-order valence-electron chi connectivity index (χ4n) is 3.53. The zero-order valence-corrected chi connectivity index (χ0v) is 16.8. The predicted molar refractivity (Wildman–Crippen MR) is 110 cm³/mol. The highest BCUT2D eigenvalue weighted by Gasteiger charge is 2.30. The second kappa shape index (κ2) is 10.5. The largest absolute Gasteiger partial charge is 0.395 e. The Kier molecular flexibility index (Phi) is 7.75. The van der Waals surface area contributed by atoms with Crippen LogP contribution in [-0.4, -0.2) is 65.7 Å². The van der Waals surface area contributed by atoms with E-state index in [9.17, 15) is 14.3 Å². The third-order valence-corrected chi connectivity index (χ3v) is 5.33. The Labute approximate surface area is 171 Å². The van der Waals surface area contributed by atoms with Crippen LogP contribution in [0, 0.1) is 5.82 Å². The van der Waals surface area contributed by atoms with Gasteiger partial charge >= 0.3 is 0 Å². The Balaban J connectivity index is 1.67. The normalized spacial score (nSPS) is 19.2. The summed E-state index contributed by atoms with van der Waals surface area (Å²) in [5.74, 6) is -0.250. The number of nitrogens with zero attached hydrogens (tertiary/aromatic N) is 2. The van der Waals surface area contributed by atoms with Gasteiger partial charge in [0.1, 0.15) is 5.82 Å². The number of hydrogen-bond acceptors (Lipinski definition) is 4. The van der Waals surface area contributed by atoms with E-state index in [1.54, 1.807) is 6.07 Å². The van der Waals surface area contributed by atoms with Crippen molar-refractivity contribution in [2.45, 2.75) is 32.1 Å². The summed E-state index contributed by atoms with van der Waals surface area (Å²) in [6, 6.07) is 16.3. The fourth-order valence-corrected chi connectivity index (χ4v) is 3.53. The second-order valence-electron chi connectivity index (χ2n) is 7.60. The maximum atomic E-state index is 13.4. The van der Waals surface area contributed by atoms with E-state index < -0.39 is 0 Å². The summed E-state index contributed by atoms with van der Waals surface area (Å²) >= 11 is 0. The van der Waals surface area contributed by atoms with Gasteiger partial charge in [-0.3, -0.25) is 9.69 Å². The zero-order valence-electron chi connectivity index (χ0n) is 16.8. The highest BCUT2D eigenvalue weighted by Crippen LogP contribution is 2.15. The number of aliphatic hydroxyl groups excluding tert-OH is 1. The first-order valence-corrected chi connectivity index (χ1v) is 10.1. The summed E-state index contributed by atoms with van der Waals surface area (Å²) in [5, 5.41) is 9.56.